The van der Waals surface area contributed by atoms with Gasteiger partial charge in [-0.15, -0.1) is 5.10 Å². The second kappa shape index (κ2) is 9.87. The van der Waals surface area contributed by atoms with Crippen molar-refractivity contribution in [2.24, 2.45) is 13.0 Å². The van der Waals surface area contributed by atoms with Crippen molar-refractivity contribution in [3.05, 3.63) is 65.9 Å². The third-order valence-electron chi connectivity index (χ3n) is 5.72. The number of hydrogen-bond donors (Lipinski definition) is 1. The fourth-order valence-electron chi connectivity index (χ4n) is 4.00. The Bertz CT molecular complexity index is 925. The number of aliphatic hydroxyl groups excluding tert-OH is 1. The van der Waals surface area contributed by atoms with Crippen LogP contribution in [0.5, 0.6) is 5.75 Å². The van der Waals surface area contributed by atoms with Gasteiger partial charge in [0.1, 0.15) is 11.4 Å². The van der Waals surface area contributed by atoms with Crippen LogP contribution in [0.25, 0.3) is 11.3 Å². The third-order valence-corrected chi connectivity index (χ3v) is 5.72. The third kappa shape index (κ3) is 5.07. The summed E-state index contributed by atoms with van der Waals surface area (Å²) in [6.07, 6.45) is 4.36. The van der Waals surface area contributed by atoms with Crippen molar-refractivity contribution < 1.29 is 14.6 Å². The first kappa shape index (κ1) is 20.6. The first-order chi connectivity index (χ1) is 14.7. The van der Waals surface area contributed by atoms with E-state index in [2.05, 4.69) is 22.4 Å². The predicted octanol–water partition coefficient (Wildman–Crippen LogP) is 4.13. The van der Waals surface area contributed by atoms with Gasteiger partial charge < -0.3 is 14.6 Å². The molecule has 0 amide bonds. The molecule has 0 aliphatic heterocycles. The lowest BCUT2D eigenvalue weighted by atomic mass is 9.88. The number of aromatic nitrogens is 3. The molecule has 1 aliphatic rings. The lowest BCUT2D eigenvalue weighted by Gasteiger charge is -2.28. The van der Waals surface area contributed by atoms with Gasteiger partial charge in [0.25, 0.3) is 0 Å². The Morgan fingerprint density at radius 3 is 2.60 bits per heavy atom. The Hall–Kier alpha value is -2.70. The average molecular weight is 408 g/mol. The highest BCUT2D eigenvalue weighted by Gasteiger charge is 2.23. The van der Waals surface area contributed by atoms with Crippen LogP contribution < -0.4 is 4.74 Å². The topological polar surface area (TPSA) is 69.4 Å². The van der Waals surface area contributed by atoms with Crippen LogP contribution in [-0.2, 0) is 25.0 Å². The molecule has 3 aromatic rings. The second-order valence-electron chi connectivity index (χ2n) is 7.97. The number of benzene rings is 2. The molecule has 1 saturated carbocycles. The smallest absolute Gasteiger partial charge is 0.119 e. The highest BCUT2D eigenvalue weighted by molar-refractivity contribution is 5.62. The van der Waals surface area contributed by atoms with Gasteiger partial charge in [-0.25, -0.2) is 4.68 Å². The molecular weight excluding hydrogens is 378 g/mol. The summed E-state index contributed by atoms with van der Waals surface area (Å²) >= 11 is 0. The molecule has 1 heterocycles. The van der Waals surface area contributed by atoms with Crippen LogP contribution in [0.2, 0.25) is 0 Å². The van der Waals surface area contributed by atoms with Crippen LogP contribution in [-0.4, -0.2) is 32.8 Å². The highest BCUT2D eigenvalue weighted by Crippen LogP contribution is 2.29. The van der Waals surface area contributed by atoms with Crippen LogP contribution >= 0.6 is 0 Å². The molecule has 30 heavy (non-hydrogen) atoms. The summed E-state index contributed by atoms with van der Waals surface area (Å²) in [4.78, 5) is 0. The van der Waals surface area contributed by atoms with E-state index in [0.717, 1.165) is 53.9 Å². The standard InChI is InChI=1S/C24H29N3O3/c1-27-23(17-29-16-18-6-3-2-4-7-18)24(25-26-27)20-10-12-21(13-11-20)30-22-9-5-8-19(14-22)15-28/h2-4,6-7,10-13,19,22,28H,5,8-9,14-17H2,1H3/t19-,22-/m0/s1. The lowest BCUT2D eigenvalue weighted by Crippen LogP contribution is -2.27. The Kier molecular flexibility index (Phi) is 6.77. The minimum atomic E-state index is 0.181. The van der Waals surface area contributed by atoms with Crippen molar-refractivity contribution in [2.45, 2.75) is 45.0 Å². The van der Waals surface area contributed by atoms with E-state index >= 15 is 0 Å². The zero-order valence-corrected chi connectivity index (χ0v) is 17.4. The lowest BCUT2D eigenvalue weighted by molar-refractivity contribution is 0.0926. The quantitative estimate of drug-likeness (QED) is 0.608. The van der Waals surface area contributed by atoms with Gasteiger partial charge in [-0.05, 0) is 61.4 Å². The van der Waals surface area contributed by atoms with Gasteiger partial charge in [0, 0.05) is 19.2 Å². The minimum Gasteiger partial charge on any atom is -0.490 e. The molecule has 1 fully saturated rings. The van der Waals surface area contributed by atoms with Gasteiger partial charge in [-0.1, -0.05) is 35.5 Å². The van der Waals surface area contributed by atoms with E-state index < -0.39 is 0 Å². The molecule has 4 rings (SSSR count). The van der Waals surface area contributed by atoms with Crippen molar-refractivity contribution >= 4 is 0 Å². The van der Waals surface area contributed by atoms with E-state index in [4.69, 9.17) is 9.47 Å². The molecular formula is C24H29N3O3. The van der Waals surface area contributed by atoms with E-state index in [9.17, 15) is 5.11 Å². The number of aryl methyl sites for hydroxylation is 1. The summed E-state index contributed by atoms with van der Waals surface area (Å²) in [5.74, 6) is 1.22. The number of ether oxygens (including phenoxy) is 2. The van der Waals surface area contributed by atoms with E-state index in [1.54, 1.807) is 4.68 Å². The van der Waals surface area contributed by atoms with Gasteiger partial charge in [0.2, 0.25) is 0 Å². The normalized spacial score (nSPS) is 19.0. The number of aliphatic hydroxyl groups is 1. The predicted molar refractivity (Wildman–Crippen MR) is 115 cm³/mol. The molecule has 1 aromatic heterocycles. The summed E-state index contributed by atoms with van der Waals surface area (Å²) < 4.78 is 13.8. The van der Waals surface area contributed by atoms with E-state index in [-0.39, 0.29) is 12.7 Å². The molecule has 6 heteroatoms. The van der Waals surface area contributed by atoms with Gasteiger partial charge in [-0.3, -0.25) is 0 Å². The van der Waals surface area contributed by atoms with Crippen LogP contribution in [0.15, 0.2) is 54.6 Å². The van der Waals surface area contributed by atoms with Crippen molar-refractivity contribution in [1.82, 2.24) is 15.0 Å². The fourth-order valence-corrected chi connectivity index (χ4v) is 4.00. The monoisotopic (exact) mass is 407 g/mol. The molecule has 158 valence electrons. The maximum absolute atomic E-state index is 9.41. The van der Waals surface area contributed by atoms with Gasteiger partial charge in [0.15, 0.2) is 0 Å². The molecule has 1 N–H and O–H groups in total. The summed E-state index contributed by atoms with van der Waals surface area (Å²) in [7, 11) is 1.88. The molecule has 2 aromatic carbocycles. The fraction of sp³-hybridized carbons (Fsp3) is 0.417. The summed E-state index contributed by atoms with van der Waals surface area (Å²) in [6, 6.07) is 18.1. The van der Waals surface area contributed by atoms with Gasteiger partial charge >= 0.3 is 0 Å². The van der Waals surface area contributed by atoms with Crippen molar-refractivity contribution in [3.8, 4) is 17.0 Å². The molecule has 0 unspecified atom stereocenters. The van der Waals surface area contributed by atoms with Gasteiger partial charge in [0.05, 0.1) is 25.0 Å². The Balaban J connectivity index is 1.39. The van der Waals surface area contributed by atoms with E-state index in [1.165, 1.54) is 0 Å². The van der Waals surface area contributed by atoms with Crippen LogP contribution in [0, 0.1) is 5.92 Å². The Morgan fingerprint density at radius 1 is 1.03 bits per heavy atom. The van der Waals surface area contributed by atoms with Crippen LogP contribution in [0.1, 0.15) is 36.9 Å². The molecule has 0 radical (unpaired) electrons. The molecule has 2 atom stereocenters. The molecule has 1 aliphatic carbocycles. The molecule has 0 saturated heterocycles. The molecule has 0 bridgehead atoms. The maximum Gasteiger partial charge on any atom is 0.119 e. The molecule has 6 nitrogen and oxygen atoms in total. The first-order valence-corrected chi connectivity index (χ1v) is 10.6. The minimum absolute atomic E-state index is 0.181. The van der Waals surface area contributed by atoms with E-state index in [0.29, 0.717) is 19.1 Å². The zero-order valence-electron chi connectivity index (χ0n) is 17.4. The molecule has 0 spiro atoms. The highest BCUT2D eigenvalue weighted by atomic mass is 16.5. The number of hydrogen-bond acceptors (Lipinski definition) is 5. The zero-order chi connectivity index (χ0) is 20.8. The van der Waals surface area contributed by atoms with Crippen molar-refractivity contribution in [2.75, 3.05) is 6.61 Å². The van der Waals surface area contributed by atoms with Crippen molar-refractivity contribution in [1.29, 1.82) is 0 Å². The number of nitrogens with zero attached hydrogens (tertiary/aromatic N) is 3. The number of rotatable bonds is 8. The average Bonchev–Trinajstić information content (AvgIpc) is 3.15. The largest absolute Gasteiger partial charge is 0.490 e. The summed E-state index contributed by atoms with van der Waals surface area (Å²) in [6.45, 7) is 1.24. The van der Waals surface area contributed by atoms with Crippen molar-refractivity contribution in [3.63, 3.8) is 0 Å². The van der Waals surface area contributed by atoms with Crippen LogP contribution in [0.3, 0.4) is 0 Å². The Labute approximate surface area is 177 Å². The maximum atomic E-state index is 9.41. The van der Waals surface area contributed by atoms with E-state index in [1.807, 2.05) is 49.5 Å². The Morgan fingerprint density at radius 2 is 1.83 bits per heavy atom. The van der Waals surface area contributed by atoms with Crippen LogP contribution in [0.4, 0.5) is 0 Å². The summed E-state index contributed by atoms with van der Waals surface area (Å²) in [5.41, 5.74) is 3.90. The SMILES string of the molecule is Cn1nnc(-c2ccc(O[C@H]3CCC[C@H](CO)C3)cc2)c1COCc1ccccc1. The first-order valence-electron chi connectivity index (χ1n) is 10.6. The van der Waals surface area contributed by atoms with Gasteiger partial charge in [-0.2, -0.15) is 0 Å². The summed E-state index contributed by atoms with van der Waals surface area (Å²) in [5, 5.41) is 17.9. The second-order valence-corrected chi connectivity index (χ2v) is 7.97.